The minimum Gasteiger partial charge on any atom is -0.281 e. The van der Waals surface area contributed by atoms with E-state index in [4.69, 9.17) is 11.6 Å². The molecule has 8 heteroatoms. The molecule has 0 heterocycles. The van der Waals surface area contributed by atoms with Crippen LogP contribution in [0, 0.1) is 0 Å². The molecule has 1 N–H and O–H groups in total. The molecule has 0 fully saturated rings. The van der Waals surface area contributed by atoms with Crippen LogP contribution in [0.2, 0.25) is 0 Å². The fourth-order valence-electron chi connectivity index (χ4n) is 1.23. The van der Waals surface area contributed by atoms with Gasteiger partial charge in [-0.2, -0.15) is 0 Å². The Bertz CT molecular complexity index is 499. The van der Waals surface area contributed by atoms with Crippen molar-refractivity contribution in [2.24, 2.45) is 0 Å². The number of hydrogen-bond acceptors (Lipinski definition) is 2. The summed E-state index contributed by atoms with van der Waals surface area (Å²) in [4.78, 5) is 0. The first-order chi connectivity index (χ1) is 8.35. The van der Waals surface area contributed by atoms with Crippen LogP contribution in [-0.2, 0) is 10.0 Å². The Balaban J connectivity index is 2.84. The van der Waals surface area contributed by atoms with Gasteiger partial charge in [-0.25, -0.2) is 8.42 Å². The van der Waals surface area contributed by atoms with Crippen molar-refractivity contribution in [1.29, 1.82) is 0 Å². The summed E-state index contributed by atoms with van der Waals surface area (Å²) in [6.45, 7) is 0. The van der Waals surface area contributed by atoms with Crippen molar-refractivity contribution < 1.29 is 8.42 Å². The summed E-state index contributed by atoms with van der Waals surface area (Å²) in [6, 6.07) is 3.56. The van der Waals surface area contributed by atoms with Gasteiger partial charge in [0.1, 0.15) is 0 Å². The molecule has 0 unspecified atom stereocenters. The summed E-state index contributed by atoms with van der Waals surface area (Å²) < 4.78 is 28.5. The number of hydrogen-bond donors (Lipinski definition) is 1. The van der Waals surface area contributed by atoms with Gasteiger partial charge in [-0.15, -0.1) is 11.6 Å². The Labute approximate surface area is 137 Å². The number of nitrogens with one attached hydrogen (secondary N) is 1. The summed E-state index contributed by atoms with van der Waals surface area (Å²) in [6.07, 6.45) is 1.23. The molecule has 0 aliphatic rings. The molecule has 0 aromatic heterocycles. The van der Waals surface area contributed by atoms with Crippen LogP contribution >= 0.6 is 59.4 Å². The Morgan fingerprint density at radius 1 is 1.11 bits per heavy atom. The van der Waals surface area contributed by atoms with Crippen LogP contribution < -0.4 is 4.72 Å². The van der Waals surface area contributed by atoms with Crippen LogP contribution in [0.4, 0.5) is 5.69 Å². The van der Waals surface area contributed by atoms with Crippen molar-refractivity contribution in [3.63, 3.8) is 0 Å². The van der Waals surface area contributed by atoms with E-state index in [0.29, 0.717) is 33.4 Å². The maximum atomic E-state index is 11.9. The molecule has 0 bridgehead atoms. The molecule has 3 nitrogen and oxygen atoms in total. The third-order valence-corrected chi connectivity index (χ3v) is 5.38. The Kier molecular flexibility index (Phi) is 6.96. The number of benzene rings is 1. The molecule has 1 rings (SSSR count). The zero-order valence-electron chi connectivity index (χ0n) is 9.22. The topological polar surface area (TPSA) is 46.2 Å². The molecule has 0 spiro atoms. The lowest BCUT2D eigenvalue weighted by Crippen LogP contribution is -2.17. The van der Waals surface area contributed by atoms with Crippen LogP contribution in [0.5, 0.6) is 0 Å². The number of halogens is 4. The maximum absolute atomic E-state index is 11.9. The Morgan fingerprint density at radius 3 is 2.17 bits per heavy atom. The Morgan fingerprint density at radius 2 is 1.67 bits per heavy atom. The quantitative estimate of drug-likeness (QED) is 0.469. The van der Waals surface area contributed by atoms with Gasteiger partial charge in [0.25, 0.3) is 0 Å². The van der Waals surface area contributed by atoms with Crippen LogP contribution in [0.1, 0.15) is 12.8 Å². The van der Waals surface area contributed by atoms with Gasteiger partial charge in [-0.05, 0) is 56.8 Å². The summed E-state index contributed by atoms with van der Waals surface area (Å²) in [5, 5.41) is 0. The van der Waals surface area contributed by atoms with Crippen LogP contribution in [-0.4, -0.2) is 20.1 Å². The predicted octanol–water partition coefficient (Wildman–Crippen LogP) is 4.73. The first-order valence-electron chi connectivity index (χ1n) is 5.07. The molecule has 0 atom stereocenters. The highest BCUT2D eigenvalue weighted by molar-refractivity contribution is 9.11. The highest BCUT2D eigenvalue weighted by Gasteiger charge is 2.15. The molecule has 18 heavy (non-hydrogen) atoms. The molecular formula is C10H11Br3ClNO2S. The first-order valence-corrected chi connectivity index (χ1v) is 9.63. The lowest BCUT2D eigenvalue weighted by atomic mass is 10.3. The fraction of sp³-hybridized carbons (Fsp3) is 0.400. The molecule has 0 saturated heterocycles. The van der Waals surface area contributed by atoms with E-state index >= 15 is 0 Å². The third kappa shape index (κ3) is 5.36. The van der Waals surface area contributed by atoms with Gasteiger partial charge < -0.3 is 0 Å². The number of anilines is 1. The predicted molar refractivity (Wildman–Crippen MR) is 86.9 cm³/mol. The molecule has 0 amide bonds. The minimum atomic E-state index is -3.35. The van der Waals surface area contributed by atoms with Crippen molar-refractivity contribution in [2.75, 3.05) is 16.4 Å². The van der Waals surface area contributed by atoms with Gasteiger partial charge in [0.15, 0.2) is 0 Å². The van der Waals surface area contributed by atoms with Crippen LogP contribution in [0.15, 0.2) is 25.6 Å². The van der Waals surface area contributed by atoms with E-state index in [1.807, 2.05) is 0 Å². The molecule has 0 aliphatic heterocycles. The van der Waals surface area contributed by atoms with Crippen molar-refractivity contribution in [2.45, 2.75) is 12.8 Å². The number of unbranched alkanes of at least 4 members (excludes halogenated alkanes) is 1. The van der Waals surface area contributed by atoms with Crippen molar-refractivity contribution in [3.8, 4) is 0 Å². The van der Waals surface area contributed by atoms with Gasteiger partial charge in [0.2, 0.25) is 10.0 Å². The summed E-state index contributed by atoms with van der Waals surface area (Å²) in [5.74, 6) is 0.538. The van der Waals surface area contributed by atoms with Gasteiger partial charge >= 0.3 is 0 Å². The average Bonchev–Trinajstić information content (AvgIpc) is 2.23. The molecule has 0 aliphatic carbocycles. The monoisotopic (exact) mass is 481 g/mol. The minimum absolute atomic E-state index is 0.0642. The smallest absolute Gasteiger partial charge is 0.232 e. The second-order valence-corrected chi connectivity index (χ2v) is 8.41. The number of sulfonamides is 1. The second-order valence-electron chi connectivity index (χ2n) is 3.56. The molecule has 0 saturated carbocycles. The van der Waals surface area contributed by atoms with Crippen LogP contribution in [0.25, 0.3) is 0 Å². The van der Waals surface area contributed by atoms with Crippen molar-refractivity contribution in [1.82, 2.24) is 0 Å². The maximum Gasteiger partial charge on any atom is 0.232 e. The average molecular weight is 484 g/mol. The zero-order chi connectivity index (χ0) is 13.8. The molecule has 102 valence electrons. The lowest BCUT2D eigenvalue weighted by Gasteiger charge is -2.12. The second kappa shape index (κ2) is 7.47. The van der Waals surface area contributed by atoms with E-state index in [1.54, 1.807) is 12.1 Å². The van der Waals surface area contributed by atoms with E-state index in [0.717, 1.165) is 4.47 Å². The van der Waals surface area contributed by atoms with E-state index in [2.05, 4.69) is 52.5 Å². The third-order valence-electron chi connectivity index (χ3n) is 2.06. The SMILES string of the molecule is O=S(=O)(CCCCCl)Nc1c(Br)cc(Br)cc1Br. The highest BCUT2D eigenvalue weighted by atomic mass is 79.9. The van der Waals surface area contributed by atoms with Crippen molar-refractivity contribution in [3.05, 3.63) is 25.6 Å². The number of alkyl halides is 1. The largest absolute Gasteiger partial charge is 0.281 e. The van der Waals surface area contributed by atoms with E-state index in [-0.39, 0.29) is 5.75 Å². The van der Waals surface area contributed by atoms with E-state index in [1.165, 1.54) is 0 Å². The van der Waals surface area contributed by atoms with E-state index in [9.17, 15) is 8.42 Å². The lowest BCUT2D eigenvalue weighted by molar-refractivity contribution is 0.598. The van der Waals surface area contributed by atoms with Gasteiger partial charge in [-0.3, -0.25) is 4.72 Å². The fourth-order valence-corrected chi connectivity index (χ4v) is 5.36. The Hall–Kier alpha value is 0.700. The standard InChI is InChI=1S/C10H11Br3ClNO2S/c11-7-5-8(12)10(9(13)6-7)15-18(16,17)4-2-1-3-14/h5-6,15H,1-4H2. The molecule has 0 radical (unpaired) electrons. The van der Waals surface area contributed by atoms with Gasteiger partial charge in [0, 0.05) is 19.3 Å². The highest BCUT2D eigenvalue weighted by Crippen LogP contribution is 2.35. The first kappa shape index (κ1) is 16.8. The van der Waals surface area contributed by atoms with Crippen molar-refractivity contribution >= 4 is 75.1 Å². The van der Waals surface area contributed by atoms with Crippen LogP contribution in [0.3, 0.4) is 0 Å². The zero-order valence-corrected chi connectivity index (χ0v) is 15.6. The van der Waals surface area contributed by atoms with Gasteiger partial charge in [-0.1, -0.05) is 15.9 Å². The summed E-state index contributed by atoms with van der Waals surface area (Å²) in [7, 11) is -3.35. The summed E-state index contributed by atoms with van der Waals surface area (Å²) >= 11 is 15.5. The molecule has 1 aromatic rings. The molecule has 1 aromatic carbocycles. The number of rotatable bonds is 6. The normalized spacial score (nSPS) is 11.6. The summed E-state index contributed by atoms with van der Waals surface area (Å²) in [5.41, 5.74) is 0.504. The molecular weight excluding hydrogens is 473 g/mol. The van der Waals surface area contributed by atoms with Gasteiger partial charge in [0.05, 0.1) is 11.4 Å². The van der Waals surface area contributed by atoms with E-state index < -0.39 is 10.0 Å².